The average molecular weight is 336 g/mol. The molecular formula is C19H29FN2O2. The zero-order valence-electron chi connectivity index (χ0n) is 14.6. The molecule has 1 saturated heterocycles. The van der Waals surface area contributed by atoms with Crippen LogP contribution in [0.15, 0.2) is 18.2 Å². The third kappa shape index (κ3) is 4.08. The summed E-state index contributed by atoms with van der Waals surface area (Å²) >= 11 is 0. The van der Waals surface area contributed by atoms with Crippen molar-refractivity contribution in [3.05, 3.63) is 29.6 Å². The van der Waals surface area contributed by atoms with Gasteiger partial charge in [-0.2, -0.15) is 0 Å². The fourth-order valence-electron chi connectivity index (χ4n) is 4.15. The normalized spacial score (nSPS) is 23.7. The molecule has 1 unspecified atom stereocenters. The standard InChI is InChI=1S/C19H29FN2O2/c1-24-18-7-6-15(19(20)12-18)13-21-9-10-22(14-17(21)8-11-23)16-4-2-3-5-16/h6-7,12,16-17,23H,2-5,8-11,13-14H2,1H3. The minimum atomic E-state index is -0.213. The van der Waals surface area contributed by atoms with Crippen molar-refractivity contribution in [1.82, 2.24) is 9.80 Å². The highest BCUT2D eigenvalue weighted by Gasteiger charge is 2.31. The first-order valence-electron chi connectivity index (χ1n) is 9.12. The number of methoxy groups -OCH3 is 1. The van der Waals surface area contributed by atoms with Crippen LogP contribution < -0.4 is 4.74 Å². The van der Waals surface area contributed by atoms with Crippen LogP contribution in [-0.4, -0.2) is 60.3 Å². The predicted octanol–water partition coefficient (Wildman–Crippen LogP) is 2.65. The molecule has 0 amide bonds. The van der Waals surface area contributed by atoms with Crippen molar-refractivity contribution in [2.75, 3.05) is 33.4 Å². The number of aliphatic hydroxyl groups excluding tert-OH is 1. The summed E-state index contributed by atoms with van der Waals surface area (Å²) in [6.07, 6.45) is 6.04. The van der Waals surface area contributed by atoms with Crippen LogP contribution in [0.5, 0.6) is 5.75 Å². The molecule has 0 aromatic heterocycles. The number of rotatable bonds is 6. The molecule has 1 aliphatic heterocycles. The molecule has 1 heterocycles. The van der Waals surface area contributed by atoms with Gasteiger partial charge >= 0.3 is 0 Å². The minimum Gasteiger partial charge on any atom is -0.497 e. The lowest BCUT2D eigenvalue weighted by Crippen LogP contribution is -2.55. The second kappa shape index (κ2) is 8.28. The van der Waals surface area contributed by atoms with E-state index in [1.165, 1.54) is 31.7 Å². The van der Waals surface area contributed by atoms with Gasteiger partial charge in [0.05, 0.1) is 7.11 Å². The maximum Gasteiger partial charge on any atom is 0.131 e. The second-order valence-electron chi connectivity index (χ2n) is 7.03. The van der Waals surface area contributed by atoms with E-state index in [-0.39, 0.29) is 12.4 Å². The molecule has 3 rings (SSSR count). The van der Waals surface area contributed by atoms with Gasteiger partial charge in [0.2, 0.25) is 0 Å². The summed E-state index contributed by atoms with van der Waals surface area (Å²) in [6, 6.07) is 6.09. The van der Waals surface area contributed by atoms with E-state index in [0.717, 1.165) is 26.1 Å². The molecule has 0 spiro atoms. The summed E-state index contributed by atoms with van der Waals surface area (Å²) in [7, 11) is 1.55. The molecule has 1 N–H and O–H groups in total. The zero-order chi connectivity index (χ0) is 16.9. The van der Waals surface area contributed by atoms with E-state index in [1.807, 2.05) is 12.1 Å². The quantitative estimate of drug-likeness (QED) is 0.866. The molecule has 24 heavy (non-hydrogen) atoms. The number of halogens is 1. The molecule has 1 aliphatic carbocycles. The number of nitrogens with zero attached hydrogens (tertiary/aromatic N) is 2. The van der Waals surface area contributed by atoms with E-state index < -0.39 is 0 Å². The van der Waals surface area contributed by atoms with Gasteiger partial charge in [-0.25, -0.2) is 4.39 Å². The van der Waals surface area contributed by atoms with Crippen LogP contribution in [-0.2, 0) is 6.54 Å². The Hall–Kier alpha value is -1.17. The lowest BCUT2D eigenvalue weighted by Gasteiger charge is -2.44. The molecule has 2 fully saturated rings. The largest absolute Gasteiger partial charge is 0.497 e. The van der Waals surface area contributed by atoms with Gasteiger partial charge in [-0.15, -0.1) is 0 Å². The number of aliphatic hydroxyl groups is 1. The Labute approximate surface area is 144 Å². The van der Waals surface area contributed by atoms with Gasteiger partial charge in [-0.1, -0.05) is 18.9 Å². The number of hydrogen-bond acceptors (Lipinski definition) is 4. The molecule has 1 aromatic rings. The molecule has 2 aliphatic rings. The molecule has 1 aromatic carbocycles. The Morgan fingerprint density at radius 1 is 1.25 bits per heavy atom. The predicted molar refractivity (Wildman–Crippen MR) is 92.7 cm³/mol. The van der Waals surface area contributed by atoms with E-state index in [1.54, 1.807) is 7.11 Å². The lowest BCUT2D eigenvalue weighted by molar-refractivity contribution is 0.0321. The van der Waals surface area contributed by atoms with Gasteiger partial charge in [0, 0.05) is 56.5 Å². The van der Waals surface area contributed by atoms with Crippen LogP contribution in [0.1, 0.15) is 37.7 Å². The highest BCUT2D eigenvalue weighted by atomic mass is 19.1. The van der Waals surface area contributed by atoms with Gasteiger partial charge in [-0.05, 0) is 25.3 Å². The molecule has 0 bridgehead atoms. The van der Waals surface area contributed by atoms with Gasteiger partial charge in [0.15, 0.2) is 0 Å². The topological polar surface area (TPSA) is 35.9 Å². The van der Waals surface area contributed by atoms with E-state index in [2.05, 4.69) is 9.80 Å². The lowest BCUT2D eigenvalue weighted by atomic mass is 10.0. The van der Waals surface area contributed by atoms with Crippen LogP contribution in [0.2, 0.25) is 0 Å². The van der Waals surface area contributed by atoms with Crippen molar-refractivity contribution in [3.8, 4) is 5.75 Å². The molecule has 5 heteroatoms. The first-order valence-corrected chi connectivity index (χ1v) is 9.12. The summed E-state index contributed by atoms with van der Waals surface area (Å²) < 4.78 is 19.3. The van der Waals surface area contributed by atoms with Crippen LogP contribution in [0.3, 0.4) is 0 Å². The number of hydrogen-bond donors (Lipinski definition) is 1. The van der Waals surface area contributed by atoms with Crippen molar-refractivity contribution in [2.45, 2.75) is 50.7 Å². The summed E-state index contributed by atoms with van der Waals surface area (Å²) in [4.78, 5) is 4.92. The highest BCUT2D eigenvalue weighted by molar-refractivity contribution is 5.29. The fraction of sp³-hybridized carbons (Fsp3) is 0.684. The molecular weight excluding hydrogens is 307 g/mol. The molecule has 1 saturated carbocycles. The van der Waals surface area contributed by atoms with Gasteiger partial charge in [0.1, 0.15) is 11.6 Å². The van der Waals surface area contributed by atoms with Gasteiger partial charge in [-0.3, -0.25) is 9.80 Å². The van der Waals surface area contributed by atoms with Crippen molar-refractivity contribution in [1.29, 1.82) is 0 Å². The van der Waals surface area contributed by atoms with Crippen molar-refractivity contribution >= 4 is 0 Å². The first kappa shape index (κ1) is 17.6. The highest BCUT2D eigenvalue weighted by Crippen LogP contribution is 2.27. The molecule has 4 nitrogen and oxygen atoms in total. The SMILES string of the molecule is COc1ccc(CN2CCN(C3CCCC3)CC2CCO)c(F)c1. The molecule has 134 valence electrons. The van der Waals surface area contributed by atoms with E-state index in [4.69, 9.17) is 4.74 Å². The van der Waals surface area contributed by atoms with Crippen LogP contribution in [0.25, 0.3) is 0 Å². The third-order valence-corrected chi connectivity index (χ3v) is 5.57. The zero-order valence-corrected chi connectivity index (χ0v) is 14.6. The molecule has 0 radical (unpaired) electrons. The minimum absolute atomic E-state index is 0.185. The summed E-state index contributed by atoms with van der Waals surface area (Å²) in [5.41, 5.74) is 0.702. The van der Waals surface area contributed by atoms with E-state index in [9.17, 15) is 9.50 Å². The first-order chi connectivity index (χ1) is 11.7. The summed E-state index contributed by atoms with van der Waals surface area (Å²) in [6.45, 7) is 3.75. The third-order valence-electron chi connectivity index (χ3n) is 5.57. The van der Waals surface area contributed by atoms with Gasteiger partial charge in [0.25, 0.3) is 0 Å². The second-order valence-corrected chi connectivity index (χ2v) is 7.03. The van der Waals surface area contributed by atoms with Crippen molar-refractivity contribution < 1.29 is 14.2 Å². The van der Waals surface area contributed by atoms with Crippen molar-refractivity contribution in [2.24, 2.45) is 0 Å². The van der Waals surface area contributed by atoms with Gasteiger partial charge < -0.3 is 9.84 Å². The van der Waals surface area contributed by atoms with Crippen LogP contribution in [0.4, 0.5) is 4.39 Å². The van der Waals surface area contributed by atoms with E-state index in [0.29, 0.717) is 29.9 Å². The smallest absolute Gasteiger partial charge is 0.131 e. The maximum absolute atomic E-state index is 14.3. The summed E-state index contributed by atoms with van der Waals surface area (Å²) in [5, 5.41) is 9.44. The summed E-state index contributed by atoms with van der Waals surface area (Å²) in [5.74, 6) is 0.338. The van der Waals surface area contributed by atoms with E-state index >= 15 is 0 Å². The number of ether oxygens (including phenoxy) is 1. The maximum atomic E-state index is 14.3. The van der Waals surface area contributed by atoms with Crippen LogP contribution >= 0.6 is 0 Å². The fourth-order valence-corrected chi connectivity index (χ4v) is 4.15. The molecule has 1 atom stereocenters. The Bertz CT molecular complexity index is 534. The van der Waals surface area contributed by atoms with Crippen molar-refractivity contribution in [3.63, 3.8) is 0 Å². The Morgan fingerprint density at radius 2 is 2.04 bits per heavy atom. The monoisotopic (exact) mass is 336 g/mol. The Kier molecular flexibility index (Phi) is 6.09. The Morgan fingerprint density at radius 3 is 2.71 bits per heavy atom. The van der Waals surface area contributed by atoms with Crippen LogP contribution in [0, 0.1) is 5.82 Å². The number of benzene rings is 1. The number of piperazine rings is 1. The Balaban J connectivity index is 1.65. The average Bonchev–Trinajstić information content (AvgIpc) is 3.13.